The van der Waals surface area contributed by atoms with Gasteiger partial charge in [-0.05, 0) is 44.5 Å². The summed E-state index contributed by atoms with van der Waals surface area (Å²) in [5.41, 5.74) is 4.73. The molecule has 0 saturated heterocycles. The van der Waals surface area contributed by atoms with Crippen LogP contribution in [0.5, 0.6) is 0 Å². The van der Waals surface area contributed by atoms with Gasteiger partial charge in [0.1, 0.15) is 11.5 Å². The number of rotatable bonds is 3. The van der Waals surface area contributed by atoms with E-state index in [1.54, 1.807) is 19.9 Å². The van der Waals surface area contributed by atoms with Crippen molar-refractivity contribution < 1.29 is 9.21 Å². The SMILES string of the molecule is CC(=NNC(=O)c1cc(C)oc1C)c1cccc(Br)c1. The van der Waals surface area contributed by atoms with Crippen LogP contribution in [0.3, 0.4) is 0 Å². The largest absolute Gasteiger partial charge is 0.466 e. The highest BCUT2D eigenvalue weighted by Crippen LogP contribution is 2.14. The quantitative estimate of drug-likeness (QED) is 0.685. The van der Waals surface area contributed by atoms with Crippen molar-refractivity contribution in [2.45, 2.75) is 20.8 Å². The first-order valence-corrected chi connectivity index (χ1v) is 6.94. The van der Waals surface area contributed by atoms with Crippen LogP contribution in [0.25, 0.3) is 0 Å². The van der Waals surface area contributed by atoms with Gasteiger partial charge >= 0.3 is 0 Å². The van der Waals surface area contributed by atoms with Crippen molar-refractivity contribution >= 4 is 27.5 Å². The van der Waals surface area contributed by atoms with Crippen LogP contribution in [0.15, 0.2) is 44.3 Å². The van der Waals surface area contributed by atoms with Crippen LogP contribution in [0.4, 0.5) is 0 Å². The molecule has 0 aliphatic carbocycles. The molecule has 1 amide bonds. The number of carbonyl (C=O) groups excluding carboxylic acids is 1. The molecule has 0 spiro atoms. The Bertz CT molecular complexity index is 674. The minimum atomic E-state index is -0.270. The molecule has 2 aromatic rings. The van der Waals surface area contributed by atoms with Crippen molar-refractivity contribution in [1.82, 2.24) is 5.43 Å². The summed E-state index contributed by atoms with van der Waals surface area (Å²) in [6.45, 7) is 5.40. The summed E-state index contributed by atoms with van der Waals surface area (Å²) in [4.78, 5) is 12.0. The smallest absolute Gasteiger partial charge is 0.274 e. The first-order chi connectivity index (χ1) is 9.47. The van der Waals surface area contributed by atoms with Crippen LogP contribution < -0.4 is 5.43 Å². The number of nitrogens with one attached hydrogen (secondary N) is 1. The maximum Gasteiger partial charge on any atom is 0.274 e. The highest BCUT2D eigenvalue weighted by atomic mass is 79.9. The summed E-state index contributed by atoms with van der Waals surface area (Å²) in [5.74, 6) is 1.03. The molecule has 104 valence electrons. The van der Waals surface area contributed by atoms with Gasteiger partial charge < -0.3 is 4.42 Å². The molecule has 0 aliphatic heterocycles. The van der Waals surface area contributed by atoms with E-state index in [-0.39, 0.29) is 5.91 Å². The zero-order chi connectivity index (χ0) is 14.7. The van der Waals surface area contributed by atoms with E-state index >= 15 is 0 Å². The zero-order valence-electron chi connectivity index (χ0n) is 11.5. The second-order valence-electron chi connectivity index (χ2n) is 4.48. The number of carbonyl (C=O) groups is 1. The van der Waals surface area contributed by atoms with Gasteiger partial charge in [0, 0.05) is 4.47 Å². The van der Waals surface area contributed by atoms with Crippen molar-refractivity contribution in [2.75, 3.05) is 0 Å². The van der Waals surface area contributed by atoms with Crippen molar-refractivity contribution in [3.8, 4) is 0 Å². The van der Waals surface area contributed by atoms with E-state index in [4.69, 9.17) is 4.42 Å². The Labute approximate surface area is 126 Å². The van der Waals surface area contributed by atoms with Crippen LogP contribution >= 0.6 is 15.9 Å². The fourth-order valence-corrected chi connectivity index (χ4v) is 2.23. The minimum absolute atomic E-state index is 0.270. The first kappa shape index (κ1) is 14.5. The van der Waals surface area contributed by atoms with E-state index in [0.717, 1.165) is 15.7 Å². The normalized spacial score (nSPS) is 11.5. The number of halogens is 1. The number of aryl methyl sites for hydroxylation is 2. The topological polar surface area (TPSA) is 54.6 Å². The molecule has 4 nitrogen and oxygen atoms in total. The average Bonchev–Trinajstić information content (AvgIpc) is 2.74. The molecule has 1 heterocycles. The molecule has 0 saturated carbocycles. The van der Waals surface area contributed by atoms with Crippen molar-refractivity contribution in [3.63, 3.8) is 0 Å². The molecule has 0 bridgehead atoms. The van der Waals surface area contributed by atoms with Crippen molar-refractivity contribution in [3.05, 3.63) is 57.5 Å². The number of amides is 1. The van der Waals surface area contributed by atoms with Crippen LogP contribution in [-0.2, 0) is 0 Å². The van der Waals surface area contributed by atoms with Crippen molar-refractivity contribution in [2.24, 2.45) is 5.10 Å². The third-order valence-corrected chi connectivity index (χ3v) is 3.35. The van der Waals surface area contributed by atoms with E-state index in [1.807, 2.05) is 31.2 Å². The molecule has 0 atom stereocenters. The zero-order valence-corrected chi connectivity index (χ0v) is 13.1. The molecule has 0 radical (unpaired) electrons. The highest BCUT2D eigenvalue weighted by molar-refractivity contribution is 9.10. The number of benzene rings is 1. The molecular weight excluding hydrogens is 320 g/mol. The summed E-state index contributed by atoms with van der Waals surface area (Å²) >= 11 is 3.40. The molecular formula is C15H15BrN2O2. The van der Waals surface area contributed by atoms with E-state index in [0.29, 0.717) is 17.1 Å². The predicted molar refractivity (Wildman–Crippen MR) is 82.0 cm³/mol. The van der Waals surface area contributed by atoms with Crippen LogP contribution in [0.1, 0.15) is 34.4 Å². The lowest BCUT2D eigenvalue weighted by Crippen LogP contribution is -2.19. The van der Waals surface area contributed by atoms with E-state index in [9.17, 15) is 4.79 Å². The third kappa shape index (κ3) is 3.36. The Hall–Kier alpha value is -1.88. The van der Waals surface area contributed by atoms with Crippen molar-refractivity contribution in [1.29, 1.82) is 0 Å². The second-order valence-corrected chi connectivity index (χ2v) is 5.39. The number of furan rings is 1. The molecule has 0 aliphatic rings. The van der Waals surface area contributed by atoms with E-state index < -0.39 is 0 Å². The lowest BCUT2D eigenvalue weighted by Gasteiger charge is -2.03. The van der Waals surface area contributed by atoms with Gasteiger partial charge in [-0.3, -0.25) is 4.79 Å². The van der Waals surface area contributed by atoms with E-state index in [1.165, 1.54) is 0 Å². The standard InChI is InChI=1S/C15H15BrN2O2/c1-9-7-14(11(3)20-9)15(19)18-17-10(2)12-5-4-6-13(16)8-12/h4-8H,1-3H3,(H,18,19). The van der Waals surface area contributed by atoms with Gasteiger partial charge in [0.15, 0.2) is 0 Å². The number of hydrogen-bond acceptors (Lipinski definition) is 3. The fourth-order valence-electron chi connectivity index (χ4n) is 1.83. The van der Waals surface area contributed by atoms with Crippen LogP contribution in [0.2, 0.25) is 0 Å². The molecule has 1 aromatic carbocycles. The number of hydrogen-bond donors (Lipinski definition) is 1. The van der Waals surface area contributed by atoms with Gasteiger partial charge in [-0.25, -0.2) is 5.43 Å². The molecule has 5 heteroatoms. The Morgan fingerprint density at radius 1 is 1.30 bits per heavy atom. The fraction of sp³-hybridized carbons (Fsp3) is 0.200. The van der Waals surface area contributed by atoms with Gasteiger partial charge in [-0.1, -0.05) is 28.1 Å². The van der Waals surface area contributed by atoms with Gasteiger partial charge in [-0.2, -0.15) is 5.10 Å². The number of hydrazone groups is 1. The monoisotopic (exact) mass is 334 g/mol. The molecule has 1 N–H and O–H groups in total. The van der Waals surface area contributed by atoms with Crippen LogP contribution in [0, 0.1) is 13.8 Å². The molecule has 2 rings (SSSR count). The maximum absolute atomic E-state index is 12.0. The third-order valence-electron chi connectivity index (χ3n) is 2.85. The number of nitrogens with zero attached hydrogens (tertiary/aromatic N) is 1. The minimum Gasteiger partial charge on any atom is -0.466 e. The lowest BCUT2D eigenvalue weighted by atomic mass is 10.1. The molecule has 0 unspecified atom stereocenters. The first-order valence-electron chi connectivity index (χ1n) is 6.15. The summed E-state index contributed by atoms with van der Waals surface area (Å²) in [6, 6.07) is 9.44. The Morgan fingerprint density at radius 2 is 2.05 bits per heavy atom. The summed E-state index contributed by atoms with van der Waals surface area (Å²) in [5, 5.41) is 4.12. The molecule has 0 fully saturated rings. The van der Waals surface area contributed by atoms with Gasteiger partial charge in [0.25, 0.3) is 5.91 Å². The Kier molecular flexibility index (Phi) is 4.39. The Balaban J connectivity index is 2.13. The molecule has 20 heavy (non-hydrogen) atoms. The van der Waals surface area contributed by atoms with Gasteiger partial charge in [0.05, 0.1) is 11.3 Å². The van der Waals surface area contributed by atoms with Gasteiger partial charge in [-0.15, -0.1) is 0 Å². The van der Waals surface area contributed by atoms with Gasteiger partial charge in [0.2, 0.25) is 0 Å². The summed E-state index contributed by atoms with van der Waals surface area (Å²) in [6.07, 6.45) is 0. The van der Waals surface area contributed by atoms with Crippen LogP contribution in [-0.4, -0.2) is 11.6 Å². The predicted octanol–water partition coefficient (Wildman–Crippen LogP) is 3.81. The van der Waals surface area contributed by atoms with E-state index in [2.05, 4.69) is 26.5 Å². The maximum atomic E-state index is 12.0. The summed E-state index contributed by atoms with van der Waals surface area (Å²) in [7, 11) is 0. The second kappa shape index (κ2) is 6.05. The molecule has 1 aromatic heterocycles. The lowest BCUT2D eigenvalue weighted by molar-refractivity contribution is 0.0953. The highest BCUT2D eigenvalue weighted by Gasteiger charge is 2.12. The summed E-state index contributed by atoms with van der Waals surface area (Å²) < 4.78 is 6.30. The average molecular weight is 335 g/mol. The Morgan fingerprint density at radius 3 is 2.65 bits per heavy atom.